The molecule has 0 N–H and O–H groups in total. The SMILES string of the molecule is CC1=C(C(=O)N2CCc3ncc(C(F)(F)F)cc3C2)C2(CCN(C3CCCC4=C3C=CCC4)CC2)OC1=O. The van der Waals surface area contributed by atoms with Crippen molar-refractivity contribution in [1.29, 1.82) is 0 Å². The number of carbonyl (C=O) groups is 2. The quantitative estimate of drug-likeness (QED) is 0.513. The van der Waals surface area contributed by atoms with Crippen molar-refractivity contribution in [3.8, 4) is 0 Å². The van der Waals surface area contributed by atoms with E-state index in [2.05, 4.69) is 22.0 Å². The Hall–Kier alpha value is -2.94. The van der Waals surface area contributed by atoms with E-state index < -0.39 is 23.3 Å². The van der Waals surface area contributed by atoms with E-state index in [0.717, 1.165) is 31.5 Å². The Morgan fingerprint density at radius 1 is 1.16 bits per heavy atom. The van der Waals surface area contributed by atoms with Gasteiger partial charge in [0.05, 0.1) is 11.1 Å². The maximum Gasteiger partial charge on any atom is 0.417 e. The molecule has 4 heterocycles. The number of likely N-dealkylation sites (tertiary alicyclic amines) is 1. The molecule has 1 saturated heterocycles. The zero-order valence-electron chi connectivity index (χ0n) is 21.6. The van der Waals surface area contributed by atoms with Gasteiger partial charge in [-0.05, 0) is 56.2 Å². The third-order valence-corrected chi connectivity index (χ3v) is 8.97. The van der Waals surface area contributed by atoms with E-state index in [0.29, 0.717) is 67.3 Å². The van der Waals surface area contributed by atoms with Gasteiger partial charge in [0.2, 0.25) is 0 Å². The molecule has 5 aliphatic rings. The summed E-state index contributed by atoms with van der Waals surface area (Å²) in [6, 6.07) is 1.45. The zero-order chi connectivity index (χ0) is 26.7. The summed E-state index contributed by atoms with van der Waals surface area (Å²) in [5.41, 5.74) is 2.88. The Morgan fingerprint density at radius 3 is 2.71 bits per heavy atom. The number of piperidine rings is 1. The number of pyridine rings is 1. The molecule has 3 aliphatic heterocycles. The highest BCUT2D eigenvalue weighted by molar-refractivity contribution is 6.07. The number of esters is 1. The van der Waals surface area contributed by atoms with Crippen molar-refractivity contribution in [2.24, 2.45) is 0 Å². The molecule has 2 aliphatic carbocycles. The third kappa shape index (κ3) is 4.28. The van der Waals surface area contributed by atoms with Crippen molar-refractivity contribution in [2.45, 2.75) is 82.7 Å². The maximum absolute atomic E-state index is 13.9. The van der Waals surface area contributed by atoms with Crippen LogP contribution in [-0.2, 0) is 33.5 Å². The van der Waals surface area contributed by atoms with Gasteiger partial charge in [-0.1, -0.05) is 17.7 Å². The second kappa shape index (κ2) is 9.36. The first-order valence-electron chi connectivity index (χ1n) is 13.6. The van der Waals surface area contributed by atoms with Gasteiger partial charge in [-0.25, -0.2) is 4.79 Å². The van der Waals surface area contributed by atoms with E-state index in [1.54, 1.807) is 17.4 Å². The molecular formula is C29H32F3N3O3. The van der Waals surface area contributed by atoms with Crippen molar-refractivity contribution in [3.63, 3.8) is 0 Å². The summed E-state index contributed by atoms with van der Waals surface area (Å²) in [5, 5.41) is 0. The highest BCUT2D eigenvalue weighted by Gasteiger charge is 2.52. The summed E-state index contributed by atoms with van der Waals surface area (Å²) in [6.07, 6.45) is 8.03. The lowest BCUT2D eigenvalue weighted by molar-refractivity contribution is -0.152. The third-order valence-electron chi connectivity index (χ3n) is 8.97. The van der Waals surface area contributed by atoms with Crippen LogP contribution in [0.3, 0.4) is 0 Å². The molecule has 0 aromatic carbocycles. The molecule has 0 radical (unpaired) electrons. The number of ether oxygens (including phenoxy) is 1. The van der Waals surface area contributed by atoms with E-state index in [9.17, 15) is 22.8 Å². The molecule has 1 unspecified atom stereocenters. The number of rotatable bonds is 2. The highest BCUT2D eigenvalue weighted by atomic mass is 19.4. The topological polar surface area (TPSA) is 62.7 Å². The molecule has 1 atom stereocenters. The molecule has 1 aromatic heterocycles. The maximum atomic E-state index is 13.9. The number of halogens is 3. The van der Waals surface area contributed by atoms with Crippen LogP contribution in [0.15, 0.2) is 46.7 Å². The van der Waals surface area contributed by atoms with Crippen LogP contribution in [-0.4, -0.2) is 57.9 Å². The molecular weight excluding hydrogens is 495 g/mol. The lowest BCUT2D eigenvalue weighted by Gasteiger charge is -2.45. The van der Waals surface area contributed by atoms with Crippen LogP contribution in [0.2, 0.25) is 0 Å². The Morgan fingerprint density at radius 2 is 1.95 bits per heavy atom. The van der Waals surface area contributed by atoms with Crippen LogP contribution >= 0.6 is 0 Å². The van der Waals surface area contributed by atoms with Crippen LogP contribution in [0.1, 0.15) is 68.7 Å². The van der Waals surface area contributed by atoms with Crippen molar-refractivity contribution in [2.75, 3.05) is 19.6 Å². The number of alkyl halides is 3. The van der Waals surface area contributed by atoms with Crippen LogP contribution in [0, 0.1) is 0 Å². The predicted molar refractivity (Wildman–Crippen MR) is 134 cm³/mol. The highest BCUT2D eigenvalue weighted by Crippen LogP contribution is 2.44. The van der Waals surface area contributed by atoms with Crippen molar-refractivity contribution < 1.29 is 27.5 Å². The summed E-state index contributed by atoms with van der Waals surface area (Å²) < 4.78 is 45.7. The Kier molecular flexibility index (Phi) is 6.24. The largest absolute Gasteiger partial charge is 0.450 e. The molecule has 6 nitrogen and oxygen atoms in total. The number of hydrogen-bond donors (Lipinski definition) is 0. The van der Waals surface area contributed by atoms with Gasteiger partial charge in [0.1, 0.15) is 5.60 Å². The lowest BCUT2D eigenvalue weighted by Crippen LogP contribution is -2.52. The average Bonchev–Trinajstić information content (AvgIpc) is 3.15. The predicted octanol–water partition coefficient (Wildman–Crippen LogP) is 4.89. The Bertz CT molecular complexity index is 1270. The van der Waals surface area contributed by atoms with Crippen molar-refractivity contribution in [3.05, 3.63) is 63.5 Å². The summed E-state index contributed by atoms with van der Waals surface area (Å²) in [6.45, 7) is 3.43. The van der Waals surface area contributed by atoms with E-state index in [-0.39, 0.29) is 12.5 Å². The molecule has 38 heavy (non-hydrogen) atoms. The van der Waals surface area contributed by atoms with Crippen molar-refractivity contribution in [1.82, 2.24) is 14.8 Å². The number of aromatic nitrogens is 1. The second-order valence-corrected chi connectivity index (χ2v) is 11.1. The smallest absolute Gasteiger partial charge is 0.417 e. The number of allylic oxidation sites excluding steroid dienone is 2. The van der Waals surface area contributed by atoms with Gasteiger partial charge >= 0.3 is 12.1 Å². The van der Waals surface area contributed by atoms with Gasteiger partial charge < -0.3 is 9.64 Å². The van der Waals surface area contributed by atoms with Gasteiger partial charge in [0, 0.05) is 68.9 Å². The average molecular weight is 528 g/mol. The summed E-state index contributed by atoms with van der Waals surface area (Å²) in [4.78, 5) is 34.6. The summed E-state index contributed by atoms with van der Waals surface area (Å²) >= 11 is 0. The molecule has 1 amide bonds. The van der Waals surface area contributed by atoms with E-state index in [1.807, 2.05) is 0 Å². The zero-order valence-corrected chi connectivity index (χ0v) is 21.6. The van der Waals surface area contributed by atoms with Crippen molar-refractivity contribution >= 4 is 11.9 Å². The van der Waals surface area contributed by atoms with Gasteiger partial charge in [0.15, 0.2) is 0 Å². The number of carbonyl (C=O) groups excluding carboxylic acids is 2. The van der Waals surface area contributed by atoms with E-state index in [1.165, 1.54) is 18.4 Å². The molecule has 6 rings (SSSR count). The second-order valence-electron chi connectivity index (χ2n) is 11.1. The molecule has 1 aromatic rings. The van der Waals surface area contributed by atoms with Crippen LogP contribution < -0.4 is 0 Å². The molecule has 1 fully saturated rings. The fourth-order valence-electron chi connectivity index (χ4n) is 6.96. The van der Waals surface area contributed by atoms with Gasteiger partial charge in [-0.3, -0.25) is 14.7 Å². The normalized spacial score (nSPS) is 25.5. The fraction of sp³-hybridized carbons (Fsp3) is 0.552. The van der Waals surface area contributed by atoms with Crippen LogP contribution in [0.25, 0.3) is 0 Å². The van der Waals surface area contributed by atoms with Crippen LogP contribution in [0.4, 0.5) is 13.2 Å². The monoisotopic (exact) mass is 527 g/mol. The molecule has 9 heteroatoms. The number of amides is 1. The number of nitrogens with zero attached hydrogens (tertiary/aromatic N) is 3. The minimum atomic E-state index is -4.50. The van der Waals surface area contributed by atoms with Gasteiger partial charge in [-0.2, -0.15) is 13.2 Å². The first kappa shape index (κ1) is 25.3. The van der Waals surface area contributed by atoms with Crippen LogP contribution in [0.5, 0.6) is 0 Å². The fourth-order valence-corrected chi connectivity index (χ4v) is 6.96. The minimum Gasteiger partial charge on any atom is -0.450 e. The Balaban J connectivity index is 1.21. The number of hydrogen-bond acceptors (Lipinski definition) is 5. The minimum absolute atomic E-state index is 0.0314. The Labute approximate surface area is 220 Å². The molecule has 0 saturated carbocycles. The van der Waals surface area contributed by atoms with E-state index >= 15 is 0 Å². The molecule has 202 valence electrons. The summed E-state index contributed by atoms with van der Waals surface area (Å²) in [7, 11) is 0. The van der Waals surface area contributed by atoms with E-state index in [4.69, 9.17) is 4.74 Å². The molecule has 0 bridgehead atoms. The first-order valence-corrected chi connectivity index (χ1v) is 13.6. The van der Waals surface area contributed by atoms with Gasteiger partial charge in [-0.15, -0.1) is 0 Å². The standard InChI is InChI=1S/C29H32F3N3O3/c1-18-25(26(36)35-12-9-23-20(17-35)15-21(16-33-23)29(30,31)32)28(38-27(18)37)10-13-34(14-11-28)24-8-4-6-19-5-2-3-7-22(19)24/h3,7,15-16,24H,2,4-6,8-14,17H2,1H3. The lowest BCUT2D eigenvalue weighted by atomic mass is 9.78. The summed E-state index contributed by atoms with van der Waals surface area (Å²) in [5.74, 6) is -0.791. The number of fused-ring (bicyclic) bond motifs is 1. The van der Waals surface area contributed by atoms with Gasteiger partial charge in [0.25, 0.3) is 5.91 Å². The first-order chi connectivity index (χ1) is 18.2. The molecule has 1 spiro atoms.